The second kappa shape index (κ2) is 10.6. The molecule has 1 N–H and O–H groups in total. The highest BCUT2D eigenvalue weighted by molar-refractivity contribution is 4.97. The van der Waals surface area contributed by atoms with Crippen molar-refractivity contribution in [3.8, 4) is 0 Å². The van der Waals surface area contributed by atoms with Crippen molar-refractivity contribution in [1.29, 1.82) is 0 Å². The van der Waals surface area contributed by atoms with E-state index in [1.165, 1.54) is 6.42 Å². The van der Waals surface area contributed by atoms with Gasteiger partial charge in [0, 0.05) is 13.1 Å². The van der Waals surface area contributed by atoms with Gasteiger partial charge in [-0.15, -0.1) is 0 Å². The summed E-state index contributed by atoms with van der Waals surface area (Å²) in [5, 5.41) is 3.38. The lowest BCUT2D eigenvalue weighted by molar-refractivity contribution is -0.001000. The van der Waals surface area contributed by atoms with Gasteiger partial charge in [0.15, 0.2) is 0 Å². The molecule has 0 bridgehead atoms. The second-order valence-electron chi connectivity index (χ2n) is 4.06. The first kappa shape index (κ1) is 17.7. The topological polar surface area (TPSA) is 37.6 Å². The third-order valence-electron chi connectivity index (χ3n) is 2.81. The normalized spacial score (nSPS) is 15.8. The molecule has 0 radical (unpaired) electrons. The van der Waals surface area contributed by atoms with Crippen LogP contribution in [0.3, 0.4) is 0 Å². The fraction of sp³-hybridized carbons (Fsp3) is 0.667. The minimum Gasteiger partial charge on any atom is -1.00 e. The fourth-order valence-electron chi connectivity index (χ4n) is 1.88. The zero-order valence-electron chi connectivity index (χ0n) is 10.4. The third-order valence-corrected chi connectivity index (χ3v) is 2.81. The van der Waals surface area contributed by atoms with Crippen molar-refractivity contribution in [1.82, 2.24) is 10.2 Å². The highest BCUT2D eigenvalue weighted by atomic mass is 35.5. The summed E-state index contributed by atoms with van der Waals surface area (Å²) in [6, 6.07) is 3.92. The minimum atomic E-state index is 0. The maximum absolute atomic E-state index is 5.31. The summed E-state index contributed by atoms with van der Waals surface area (Å²) < 4.78 is 10.5. The lowest BCUT2D eigenvalue weighted by Gasteiger charge is -2.26. The average Bonchev–Trinajstić information content (AvgIpc) is 2.83. The molecule has 18 heavy (non-hydrogen) atoms. The first-order chi connectivity index (χ1) is 7.95. The molecule has 2 heterocycles. The van der Waals surface area contributed by atoms with Crippen LogP contribution < -0.4 is 30.1 Å². The zero-order chi connectivity index (χ0) is 11.1. The van der Waals surface area contributed by atoms with E-state index < -0.39 is 0 Å². The Balaban J connectivity index is 0.00000144. The van der Waals surface area contributed by atoms with Crippen LogP contribution in [0, 0.1) is 0 Å². The summed E-state index contributed by atoms with van der Waals surface area (Å²) in [6.07, 6.45) is 2.89. The van der Waals surface area contributed by atoms with E-state index in [1.807, 2.05) is 12.1 Å². The first-order valence-corrected chi connectivity index (χ1v) is 5.98. The molecule has 1 aliphatic heterocycles. The van der Waals surface area contributed by atoms with Gasteiger partial charge in [0.05, 0.1) is 26.0 Å². The molecule has 0 aromatic carbocycles. The number of nitrogens with one attached hydrogen (secondary N) is 1. The van der Waals surface area contributed by atoms with Gasteiger partial charge >= 0.3 is 0 Å². The van der Waals surface area contributed by atoms with Gasteiger partial charge in [-0.25, -0.2) is 0 Å². The Kier molecular flexibility index (Phi) is 10.5. The molecule has 2 rings (SSSR count). The average molecular weight is 295 g/mol. The van der Waals surface area contributed by atoms with Crippen LogP contribution in [0.4, 0.5) is 0 Å². The monoisotopic (exact) mass is 294 g/mol. The van der Waals surface area contributed by atoms with E-state index in [1.54, 1.807) is 6.26 Å². The predicted octanol–water partition coefficient (Wildman–Crippen LogP) is -4.90. The predicted molar refractivity (Wildman–Crippen MR) is 62.3 cm³/mol. The smallest absolute Gasteiger partial charge is 0.117 e. The molecular formula is C12H20Cl2N2O2-2. The molecule has 0 spiro atoms. The number of furan rings is 1. The maximum atomic E-state index is 5.31. The lowest BCUT2D eigenvalue weighted by Crippen LogP contribution is -3.00. The van der Waals surface area contributed by atoms with Gasteiger partial charge in [0.1, 0.15) is 5.76 Å². The van der Waals surface area contributed by atoms with Gasteiger partial charge in [-0.1, -0.05) is 0 Å². The Morgan fingerprint density at radius 1 is 1.22 bits per heavy atom. The number of hydrogen-bond donors (Lipinski definition) is 1. The van der Waals surface area contributed by atoms with Gasteiger partial charge in [-0.05, 0) is 31.6 Å². The lowest BCUT2D eigenvalue weighted by atomic mass is 10.3. The maximum Gasteiger partial charge on any atom is 0.117 e. The molecule has 1 aliphatic rings. The summed E-state index contributed by atoms with van der Waals surface area (Å²) in [5.41, 5.74) is 0. The Bertz CT molecular complexity index is 278. The van der Waals surface area contributed by atoms with Crippen molar-refractivity contribution in [2.45, 2.75) is 13.0 Å². The van der Waals surface area contributed by atoms with E-state index in [0.29, 0.717) is 0 Å². The number of ether oxygens (including phenoxy) is 1. The summed E-state index contributed by atoms with van der Waals surface area (Å²) in [6.45, 7) is 6.97. The largest absolute Gasteiger partial charge is 1.00 e. The van der Waals surface area contributed by atoms with Gasteiger partial charge < -0.3 is 39.3 Å². The van der Waals surface area contributed by atoms with Crippen LogP contribution in [-0.2, 0) is 11.3 Å². The van der Waals surface area contributed by atoms with Crippen LogP contribution in [0.25, 0.3) is 0 Å². The van der Waals surface area contributed by atoms with Crippen LogP contribution in [0.2, 0.25) is 0 Å². The molecule has 1 saturated heterocycles. The summed E-state index contributed by atoms with van der Waals surface area (Å²) in [7, 11) is 0. The number of halogens is 2. The van der Waals surface area contributed by atoms with Crippen molar-refractivity contribution in [3.63, 3.8) is 0 Å². The van der Waals surface area contributed by atoms with E-state index >= 15 is 0 Å². The van der Waals surface area contributed by atoms with E-state index in [0.717, 1.165) is 51.7 Å². The number of hydrogen-bond acceptors (Lipinski definition) is 4. The number of rotatable bonds is 6. The van der Waals surface area contributed by atoms with E-state index in [9.17, 15) is 0 Å². The van der Waals surface area contributed by atoms with Gasteiger partial charge in [0.25, 0.3) is 0 Å². The Morgan fingerprint density at radius 2 is 2.00 bits per heavy atom. The van der Waals surface area contributed by atoms with Gasteiger partial charge in [-0.2, -0.15) is 0 Å². The molecule has 106 valence electrons. The molecule has 0 aliphatic carbocycles. The van der Waals surface area contributed by atoms with Gasteiger partial charge in [0.2, 0.25) is 0 Å². The highest BCUT2D eigenvalue weighted by Gasteiger charge is 2.08. The Morgan fingerprint density at radius 3 is 2.67 bits per heavy atom. The van der Waals surface area contributed by atoms with Crippen molar-refractivity contribution >= 4 is 0 Å². The molecule has 0 atom stereocenters. The molecule has 0 amide bonds. The number of nitrogens with zero attached hydrogens (tertiary/aromatic N) is 1. The summed E-state index contributed by atoms with van der Waals surface area (Å²) >= 11 is 0. The number of morpholine rings is 1. The van der Waals surface area contributed by atoms with Crippen molar-refractivity contribution in [2.75, 3.05) is 39.4 Å². The van der Waals surface area contributed by atoms with Gasteiger partial charge in [-0.3, -0.25) is 4.90 Å². The van der Waals surface area contributed by atoms with Crippen LogP contribution >= 0.6 is 0 Å². The molecule has 4 nitrogen and oxygen atoms in total. The van der Waals surface area contributed by atoms with Crippen LogP contribution in [-0.4, -0.2) is 44.3 Å². The quantitative estimate of drug-likeness (QED) is 0.534. The first-order valence-electron chi connectivity index (χ1n) is 5.98. The summed E-state index contributed by atoms with van der Waals surface area (Å²) in [4.78, 5) is 2.46. The molecule has 6 heteroatoms. The molecular weight excluding hydrogens is 275 g/mol. The Labute approximate surface area is 121 Å². The van der Waals surface area contributed by atoms with Crippen LogP contribution in [0.1, 0.15) is 12.2 Å². The third kappa shape index (κ3) is 6.61. The van der Waals surface area contributed by atoms with Crippen LogP contribution in [0.5, 0.6) is 0 Å². The molecule has 1 fully saturated rings. The SMILES string of the molecule is [Cl-].[Cl-].c1coc(CNCCCN2CCOCC2)c1. The molecule has 0 saturated carbocycles. The molecule has 1 aromatic heterocycles. The van der Waals surface area contributed by atoms with Crippen molar-refractivity contribution < 1.29 is 34.0 Å². The highest BCUT2D eigenvalue weighted by Crippen LogP contribution is 1.99. The van der Waals surface area contributed by atoms with E-state index in [4.69, 9.17) is 9.15 Å². The van der Waals surface area contributed by atoms with Crippen molar-refractivity contribution in [2.24, 2.45) is 0 Å². The standard InChI is InChI=1S/C12H20N2O2.2ClH/c1-3-12(16-8-1)11-13-4-2-5-14-6-9-15-10-7-14;;/h1,3,8,13H,2,4-7,9-11H2;2*1H/p-2. The minimum absolute atomic E-state index is 0. The molecule has 1 aromatic rings. The van der Waals surface area contributed by atoms with E-state index in [2.05, 4.69) is 10.2 Å². The van der Waals surface area contributed by atoms with Crippen molar-refractivity contribution in [3.05, 3.63) is 24.2 Å². The Hall–Kier alpha value is -0.260. The van der Waals surface area contributed by atoms with Crippen LogP contribution in [0.15, 0.2) is 22.8 Å². The second-order valence-corrected chi connectivity index (χ2v) is 4.06. The zero-order valence-corrected chi connectivity index (χ0v) is 11.9. The van der Waals surface area contributed by atoms with E-state index in [-0.39, 0.29) is 24.8 Å². The summed E-state index contributed by atoms with van der Waals surface area (Å²) in [5.74, 6) is 1.01. The fourth-order valence-corrected chi connectivity index (χ4v) is 1.88. The molecule has 0 unspecified atom stereocenters.